The van der Waals surface area contributed by atoms with E-state index >= 15 is 0 Å². The Morgan fingerprint density at radius 2 is 1.86 bits per heavy atom. The second-order valence-corrected chi connectivity index (χ2v) is 7.37. The van der Waals surface area contributed by atoms with E-state index in [4.69, 9.17) is 4.74 Å². The van der Waals surface area contributed by atoms with Crippen molar-refractivity contribution in [2.45, 2.75) is 32.4 Å². The lowest BCUT2D eigenvalue weighted by atomic mass is 9.89. The Balaban J connectivity index is 0.00000280. The van der Waals surface area contributed by atoms with Gasteiger partial charge in [0.05, 0.1) is 6.10 Å². The lowest BCUT2D eigenvalue weighted by molar-refractivity contribution is -0.0266. The molecule has 1 N–H and O–H groups in total. The van der Waals surface area contributed by atoms with Gasteiger partial charge in [-0.05, 0) is 30.9 Å². The Hall–Kier alpha value is -1.60. The van der Waals surface area contributed by atoms with E-state index in [0.717, 1.165) is 32.1 Å². The third-order valence-electron chi connectivity index (χ3n) is 5.21. The number of hydrogen-bond acceptors (Lipinski definition) is 2. The molecular formula is C23H32IN3O. The lowest BCUT2D eigenvalue weighted by Gasteiger charge is -2.33. The number of rotatable bonds is 5. The molecule has 2 unspecified atom stereocenters. The topological polar surface area (TPSA) is 36.9 Å². The van der Waals surface area contributed by atoms with Crippen LogP contribution in [0.3, 0.4) is 0 Å². The molecule has 0 spiro atoms. The molecule has 3 rings (SSSR count). The third-order valence-corrected chi connectivity index (χ3v) is 5.21. The van der Waals surface area contributed by atoms with Crippen LogP contribution in [0.4, 0.5) is 0 Å². The second-order valence-electron chi connectivity index (χ2n) is 7.37. The molecule has 0 amide bonds. The summed E-state index contributed by atoms with van der Waals surface area (Å²) in [6.45, 7) is 4.66. The van der Waals surface area contributed by atoms with Gasteiger partial charge in [-0.15, -0.1) is 24.0 Å². The number of benzene rings is 2. The largest absolute Gasteiger partial charge is 0.373 e. The van der Waals surface area contributed by atoms with Crippen LogP contribution in [-0.4, -0.2) is 38.1 Å². The number of halogens is 1. The zero-order chi connectivity index (χ0) is 19.1. The quantitative estimate of drug-likeness (QED) is 0.370. The number of nitrogens with one attached hydrogen (secondary N) is 1. The van der Waals surface area contributed by atoms with Crippen molar-refractivity contribution in [1.82, 2.24) is 10.2 Å². The van der Waals surface area contributed by atoms with Crippen molar-refractivity contribution in [3.63, 3.8) is 0 Å². The van der Waals surface area contributed by atoms with Gasteiger partial charge in [-0.3, -0.25) is 4.99 Å². The summed E-state index contributed by atoms with van der Waals surface area (Å²) in [5, 5.41) is 3.57. The summed E-state index contributed by atoms with van der Waals surface area (Å²) in [6, 6.07) is 19.2. The standard InChI is InChI=1S/C23H31N3O.HI/c1-18-11-13-19(14-12-18)17-26(3)23(24-2)25-16-21-10-7-15-27-22(21)20-8-5-4-6-9-20;/h4-6,8-9,11-14,21-22H,7,10,15-17H2,1-3H3,(H,24,25);1H. The van der Waals surface area contributed by atoms with Gasteiger partial charge in [0.25, 0.3) is 0 Å². The van der Waals surface area contributed by atoms with Gasteiger partial charge < -0.3 is 15.0 Å². The highest BCUT2D eigenvalue weighted by atomic mass is 127. The molecule has 0 bridgehead atoms. The van der Waals surface area contributed by atoms with E-state index in [1.54, 1.807) is 0 Å². The van der Waals surface area contributed by atoms with Crippen molar-refractivity contribution in [1.29, 1.82) is 0 Å². The highest BCUT2D eigenvalue weighted by molar-refractivity contribution is 14.0. The summed E-state index contributed by atoms with van der Waals surface area (Å²) in [5.41, 5.74) is 3.84. The van der Waals surface area contributed by atoms with E-state index in [1.807, 2.05) is 7.05 Å². The molecule has 152 valence electrons. The summed E-state index contributed by atoms with van der Waals surface area (Å²) >= 11 is 0. The van der Waals surface area contributed by atoms with Crippen LogP contribution in [0.5, 0.6) is 0 Å². The van der Waals surface area contributed by atoms with Gasteiger partial charge in [-0.2, -0.15) is 0 Å². The molecule has 1 saturated heterocycles. The summed E-state index contributed by atoms with van der Waals surface area (Å²) in [4.78, 5) is 6.65. The van der Waals surface area contributed by atoms with Crippen molar-refractivity contribution < 1.29 is 4.74 Å². The van der Waals surface area contributed by atoms with E-state index in [0.29, 0.717) is 5.92 Å². The molecule has 0 aliphatic carbocycles. The minimum absolute atomic E-state index is 0. The molecule has 1 aliphatic rings. The number of nitrogens with zero attached hydrogens (tertiary/aromatic N) is 2. The first-order valence-electron chi connectivity index (χ1n) is 9.81. The van der Waals surface area contributed by atoms with Crippen LogP contribution in [0.25, 0.3) is 0 Å². The van der Waals surface area contributed by atoms with Gasteiger partial charge >= 0.3 is 0 Å². The third kappa shape index (κ3) is 6.21. The summed E-state index contributed by atoms with van der Waals surface area (Å²) in [7, 11) is 3.93. The van der Waals surface area contributed by atoms with E-state index in [1.165, 1.54) is 23.1 Å². The molecule has 0 radical (unpaired) electrons. The lowest BCUT2D eigenvalue weighted by Crippen LogP contribution is -2.42. The average Bonchev–Trinajstić information content (AvgIpc) is 2.71. The van der Waals surface area contributed by atoms with Crippen LogP contribution in [0.2, 0.25) is 0 Å². The zero-order valence-corrected chi connectivity index (χ0v) is 19.4. The maximum Gasteiger partial charge on any atom is 0.193 e. The zero-order valence-electron chi connectivity index (χ0n) is 17.1. The molecule has 0 saturated carbocycles. The van der Waals surface area contributed by atoms with E-state index in [9.17, 15) is 0 Å². The Morgan fingerprint density at radius 3 is 2.54 bits per heavy atom. The molecular weight excluding hydrogens is 461 g/mol. The van der Waals surface area contributed by atoms with Crippen LogP contribution < -0.4 is 5.32 Å². The first-order valence-corrected chi connectivity index (χ1v) is 9.81. The monoisotopic (exact) mass is 493 g/mol. The van der Waals surface area contributed by atoms with Crippen molar-refractivity contribution in [2.24, 2.45) is 10.9 Å². The van der Waals surface area contributed by atoms with Crippen molar-refractivity contribution >= 4 is 29.9 Å². The first-order chi connectivity index (χ1) is 13.2. The number of aryl methyl sites for hydroxylation is 1. The molecule has 1 fully saturated rings. The summed E-state index contributed by atoms with van der Waals surface area (Å²) < 4.78 is 6.12. The molecule has 5 heteroatoms. The maximum absolute atomic E-state index is 6.12. The highest BCUT2D eigenvalue weighted by Gasteiger charge is 2.27. The summed E-state index contributed by atoms with van der Waals surface area (Å²) in [6.07, 6.45) is 2.45. The molecule has 4 nitrogen and oxygen atoms in total. The number of hydrogen-bond donors (Lipinski definition) is 1. The fraction of sp³-hybridized carbons (Fsp3) is 0.435. The fourth-order valence-electron chi connectivity index (χ4n) is 3.71. The van der Waals surface area contributed by atoms with Crippen LogP contribution in [0.15, 0.2) is 59.6 Å². The normalized spacial score (nSPS) is 19.6. The minimum Gasteiger partial charge on any atom is -0.373 e. The van der Waals surface area contributed by atoms with Crippen LogP contribution >= 0.6 is 24.0 Å². The predicted octanol–water partition coefficient (Wildman–Crippen LogP) is 4.79. The Kier molecular flexibility index (Phi) is 9.25. The minimum atomic E-state index is 0. The Labute approximate surface area is 186 Å². The van der Waals surface area contributed by atoms with Gasteiger partial charge in [0, 0.05) is 39.7 Å². The molecule has 2 aromatic rings. The van der Waals surface area contributed by atoms with Crippen LogP contribution in [0.1, 0.15) is 35.6 Å². The number of guanidine groups is 1. The second kappa shape index (κ2) is 11.4. The number of ether oxygens (including phenoxy) is 1. The van der Waals surface area contributed by atoms with Crippen LogP contribution in [-0.2, 0) is 11.3 Å². The molecule has 1 aliphatic heterocycles. The van der Waals surface area contributed by atoms with E-state index in [-0.39, 0.29) is 30.1 Å². The fourth-order valence-corrected chi connectivity index (χ4v) is 3.71. The highest BCUT2D eigenvalue weighted by Crippen LogP contribution is 2.33. The van der Waals surface area contributed by atoms with Crippen molar-refractivity contribution in [3.05, 3.63) is 71.3 Å². The molecule has 1 heterocycles. The van der Waals surface area contributed by atoms with Gasteiger partial charge in [0.1, 0.15) is 0 Å². The van der Waals surface area contributed by atoms with E-state index in [2.05, 4.69) is 83.8 Å². The summed E-state index contributed by atoms with van der Waals surface area (Å²) in [5.74, 6) is 1.37. The van der Waals surface area contributed by atoms with Crippen molar-refractivity contribution in [3.8, 4) is 0 Å². The van der Waals surface area contributed by atoms with Crippen molar-refractivity contribution in [2.75, 3.05) is 27.2 Å². The van der Waals surface area contributed by atoms with Gasteiger partial charge in [0.2, 0.25) is 0 Å². The first kappa shape index (κ1) is 22.7. The Bertz CT molecular complexity index is 733. The van der Waals surface area contributed by atoms with Gasteiger partial charge in [-0.1, -0.05) is 60.2 Å². The molecule has 2 atom stereocenters. The van der Waals surface area contributed by atoms with Gasteiger partial charge in [0.15, 0.2) is 5.96 Å². The van der Waals surface area contributed by atoms with Crippen LogP contribution in [0, 0.1) is 12.8 Å². The number of aliphatic imine (C=N–C) groups is 1. The predicted molar refractivity (Wildman–Crippen MR) is 127 cm³/mol. The maximum atomic E-state index is 6.12. The molecule has 0 aromatic heterocycles. The molecule has 28 heavy (non-hydrogen) atoms. The Morgan fingerprint density at radius 1 is 1.14 bits per heavy atom. The van der Waals surface area contributed by atoms with E-state index < -0.39 is 0 Å². The average molecular weight is 493 g/mol. The SMILES string of the molecule is CN=C(NCC1CCCOC1c1ccccc1)N(C)Cc1ccc(C)cc1.I. The van der Waals surface area contributed by atoms with Gasteiger partial charge in [-0.25, -0.2) is 0 Å². The molecule has 2 aromatic carbocycles. The smallest absolute Gasteiger partial charge is 0.193 e.